The molecule has 3 rings (SSSR count). The highest BCUT2D eigenvalue weighted by molar-refractivity contribution is 6.86. The molecule has 0 spiro atoms. The summed E-state index contributed by atoms with van der Waals surface area (Å²) in [6, 6.07) is 8.85. The molecule has 0 amide bonds. The molecule has 1 aliphatic heterocycles. The number of rotatable bonds is 1. The lowest BCUT2D eigenvalue weighted by Gasteiger charge is -2.22. The maximum atomic E-state index is 6.55. The highest BCUT2D eigenvalue weighted by Crippen LogP contribution is 2.52. The van der Waals surface area contributed by atoms with Gasteiger partial charge in [0, 0.05) is 5.92 Å². The monoisotopic (exact) mass is 288 g/mol. The lowest BCUT2D eigenvalue weighted by molar-refractivity contribution is 0.199. The zero-order valence-electron chi connectivity index (χ0n) is 12.7. The van der Waals surface area contributed by atoms with Crippen molar-refractivity contribution in [2.45, 2.75) is 45.3 Å². The van der Waals surface area contributed by atoms with Gasteiger partial charge in [-0.3, -0.25) is 0 Å². The average Bonchev–Trinajstić information content (AvgIpc) is 2.73. The van der Waals surface area contributed by atoms with Crippen LogP contribution in [-0.4, -0.2) is 16.4 Å². The second-order valence-corrected chi connectivity index (χ2v) is 16.4. The normalized spacial score (nSPS) is 30.5. The van der Waals surface area contributed by atoms with Crippen molar-refractivity contribution in [1.29, 1.82) is 0 Å². The Bertz CT molecular complexity index is 540. The molecule has 1 heterocycles. The molecule has 3 heteroatoms. The number of hydrogen-bond donors (Lipinski definition) is 0. The van der Waals surface area contributed by atoms with Gasteiger partial charge in [0.1, 0.15) is 0 Å². The molecule has 1 fully saturated rings. The smallest absolute Gasteiger partial charge is 0.214 e. The summed E-state index contributed by atoms with van der Waals surface area (Å²) in [5.74, 6) is 0.630. The van der Waals surface area contributed by atoms with Gasteiger partial charge < -0.3 is 4.43 Å². The van der Waals surface area contributed by atoms with Crippen molar-refractivity contribution in [3.63, 3.8) is 0 Å². The van der Waals surface area contributed by atoms with E-state index in [1.807, 2.05) is 0 Å². The first-order chi connectivity index (χ1) is 8.78. The lowest BCUT2D eigenvalue weighted by atomic mass is 10.0. The van der Waals surface area contributed by atoms with E-state index in [0.29, 0.717) is 12.0 Å². The molecule has 19 heavy (non-hydrogen) atoms. The topological polar surface area (TPSA) is 9.23 Å². The van der Waals surface area contributed by atoms with Crippen molar-refractivity contribution < 1.29 is 4.43 Å². The maximum absolute atomic E-state index is 6.55. The maximum Gasteiger partial charge on any atom is 0.214 e. The average molecular weight is 289 g/mol. The molecular formula is C16H24OSi2. The third-order valence-corrected chi connectivity index (χ3v) is 8.49. The molecule has 1 aromatic carbocycles. The molecule has 0 radical (unpaired) electrons. The molecule has 0 bridgehead atoms. The molecule has 2 atom stereocenters. The zero-order valence-corrected chi connectivity index (χ0v) is 14.7. The molecule has 0 unspecified atom stereocenters. The molecule has 1 aliphatic carbocycles. The van der Waals surface area contributed by atoms with E-state index in [-0.39, 0.29) is 0 Å². The summed E-state index contributed by atoms with van der Waals surface area (Å²) < 4.78 is 6.55. The first kappa shape index (κ1) is 13.3. The second-order valence-electron chi connectivity index (χ2n) is 7.52. The molecule has 1 nitrogen and oxygen atoms in total. The van der Waals surface area contributed by atoms with Crippen LogP contribution in [0.25, 0.3) is 0 Å². The van der Waals surface area contributed by atoms with Gasteiger partial charge in [-0.25, -0.2) is 0 Å². The van der Waals surface area contributed by atoms with Crippen LogP contribution in [0.4, 0.5) is 0 Å². The van der Waals surface area contributed by atoms with Gasteiger partial charge in [0.05, 0.1) is 14.2 Å². The summed E-state index contributed by atoms with van der Waals surface area (Å²) in [5, 5.41) is 1.69. The number of fused-ring (bicyclic) bond motifs is 3. The van der Waals surface area contributed by atoms with Crippen LogP contribution in [0.2, 0.25) is 32.7 Å². The van der Waals surface area contributed by atoms with Gasteiger partial charge in [0.15, 0.2) is 0 Å². The van der Waals surface area contributed by atoms with Gasteiger partial charge in [-0.2, -0.15) is 0 Å². The summed E-state index contributed by atoms with van der Waals surface area (Å²) in [7, 11) is -2.83. The summed E-state index contributed by atoms with van der Waals surface area (Å²) in [6.45, 7) is 12.0. The van der Waals surface area contributed by atoms with Crippen molar-refractivity contribution in [2.75, 3.05) is 0 Å². The highest BCUT2D eigenvalue weighted by atomic mass is 28.4. The minimum absolute atomic E-state index is 0.348. The predicted octanol–water partition coefficient (Wildman–Crippen LogP) is 4.48. The van der Waals surface area contributed by atoms with E-state index in [9.17, 15) is 0 Å². The highest BCUT2D eigenvalue weighted by Gasteiger charge is 2.50. The predicted molar refractivity (Wildman–Crippen MR) is 86.4 cm³/mol. The fourth-order valence-electron chi connectivity index (χ4n) is 3.56. The van der Waals surface area contributed by atoms with E-state index in [2.05, 4.69) is 62.7 Å². The Labute approximate surface area is 118 Å². The molecule has 1 saturated heterocycles. The largest absolute Gasteiger partial charge is 0.406 e. The van der Waals surface area contributed by atoms with Crippen LogP contribution in [0.15, 0.2) is 35.2 Å². The first-order valence-corrected chi connectivity index (χ1v) is 13.8. The molecule has 0 aromatic heterocycles. The molecule has 0 N–H and O–H groups in total. The van der Waals surface area contributed by atoms with E-state index < -0.39 is 16.4 Å². The Morgan fingerprint density at radius 3 is 2.58 bits per heavy atom. The third-order valence-electron chi connectivity index (χ3n) is 4.27. The van der Waals surface area contributed by atoms with Gasteiger partial charge in [0.25, 0.3) is 0 Å². The lowest BCUT2D eigenvalue weighted by Crippen LogP contribution is -2.31. The van der Waals surface area contributed by atoms with Gasteiger partial charge in [-0.15, -0.1) is 0 Å². The number of benzene rings is 1. The molecular weight excluding hydrogens is 264 g/mol. The van der Waals surface area contributed by atoms with Crippen LogP contribution in [-0.2, 0) is 10.8 Å². The molecule has 102 valence electrons. The van der Waals surface area contributed by atoms with E-state index in [1.54, 1.807) is 5.20 Å². The van der Waals surface area contributed by atoms with Crippen LogP contribution < -0.4 is 0 Å². The summed E-state index contributed by atoms with van der Waals surface area (Å²) in [5.41, 5.74) is 5.59. The van der Waals surface area contributed by atoms with E-state index in [4.69, 9.17) is 4.43 Å². The standard InChI is InChI=1S/C16H24OSi2/c1-18(2,3)11-15-14-10-12-8-6-7-9-13(12)16(14)17-19(15,4)5/h6-9,11,14,16H,10H2,1-5H3/b15-11-/t14-,16-/m0/s1. The van der Waals surface area contributed by atoms with Crippen molar-refractivity contribution in [1.82, 2.24) is 0 Å². The summed E-state index contributed by atoms with van der Waals surface area (Å²) in [6.07, 6.45) is 1.54. The molecule has 1 aromatic rings. The Hall–Kier alpha value is -0.646. The van der Waals surface area contributed by atoms with E-state index in [1.165, 1.54) is 17.5 Å². The van der Waals surface area contributed by atoms with Gasteiger partial charge in [-0.1, -0.05) is 54.8 Å². The van der Waals surface area contributed by atoms with Gasteiger partial charge in [-0.05, 0) is 30.6 Å². The van der Waals surface area contributed by atoms with Crippen molar-refractivity contribution >= 4 is 16.4 Å². The van der Waals surface area contributed by atoms with Crippen molar-refractivity contribution in [3.05, 3.63) is 46.3 Å². The van der Waals surface area contributed by atoms with Crippen LogP contribution >= 0.6 is 0 Å². The van der Waals surface area contributed by atoms with Crippen molar-refractivity contribution in [3.8, 4) is 0 Å². The summed E-state index contributed by atoms with van der Waals surface area (Å²) in [4.78, 5) is 0. The second kappa shape index (κ2) is 4.17. The minimum Gasteiger partial charge on any atom is -0.406 e. The van der Waals surface area contributed by atoms with Gasteiger partial charge in [0.2, 0.25) is 8.32 Å². The SMILES string of the molecule is C[Si](C)(C)/C=C1/[C@@H]2Cc3ccccc3[C@@H]2O[Si]1(C)C. The Balaban J connectivity index is 2.04. The van der Waals surface area contributed by atoms with E-state index in [0.717, 1.165) is 0 Å². The summed E-state index contributed by atoms with van der Waals surface area (Å²) >= 11 is 0. The van der Waals surface area contributed by atoms with Crippen molar-refractivity contribution in [2.24, 2.45) is 5.92 Å². The van der Waals surface area contributed by atoms with Crippen LogP contribution in [0.3, 0.4) is 0 Å². The van der Waals surface area contributed by atoms with E-state index >= 15 is 0 Å². The fourth-order valence-corrected chi connectivity index (χ4v) is 9.60. The Morgan fingerprint density at radius 1 is 1.21 bits per heavy atom. The Kier molecular flexibility index (Phi) is 2.93. The molecule has 2 aliphatic rings. The van der Waals surface area contributed by atoms with Gasteiger partial charge >= 0.3 is 0 Å². The number of hydrogen-bond acceptors (Lipinski definition) is 1. The van der Waals surface area contributed by atoms with Crippen LogP contribution in [0.1, 0.15) is 17.2 Å². The third kappa shape index (κ3) is 2.28. The van der Waals surface area contributed by atoms with Crippen LogP contribution in [0, 0.1) is 5.92 Å². The fraction of sp³-hybridized carbons (Fsp3) is 0.500. The quantitative estimate of drug-likeness (QED) is 0.692. The molecule has 0 saturated carbocycles. The first-order valence-electron chi connectivity index (χ1n) is 7.27. The Morgan fingerprint density at radius 2 is 1.89 bits per heavy atom. The minimum atomic E-state index is -1.65. The zero-order chi connectivity index (χ0) is 13.8. The van der Waals surface area contributed by atoms with Crippen LogP contribution in [0.5, 0.6) is 0 Å².